The number of fused-ring (bicyclic) bond motifs is 1. The fourth-order valence-corrected chi connectivity index (χ4v) is 3.15. The number of rotatable bonds is 2. The topological polar surface area (TPSA) is 66.5 Å². The van der Waals surface area contributed by atoms with Gasteiger partial charge in [-0.25, -0.2) is 0 Å². The molecule has 0 aromatic heterocycles. The maximum absolute atomic E-state index is 12.8. The first-order chi connectivity index (χ1) is 10.4. The van der Waals surface area contributed by atoms with E-state index in [0.29, 0.717) is 23.2 Å². The Labute approximate surface area is 129 Å². The van der Waals surface area contributed by atoms with Gasteiger partial charge < -0.3 is 5.32 Å². The van der Waals surface area contributed by atoms with Crippen molar-refractivity contribution in [2.45, 2.75) is 38.6 Å². The quantitative estimate of drug-likeness (QED) is 0.851. The maximum atomic E-state index is 12.8. The number of benzene rings is 1. The summed E-state index contributed by atoms with van der Waals surface area (Å²) in [4.78, 5) is 38.1. The van der Waals surface area contributed by atoms with Gasteiger partial charge in [-0.05, 0) is 24.0 Å². The maximum Gasteiger partial charge on any atom is 0.262 e. The zero-order valence-electron chi connectivity index (χ0n) is 12.7. The molecule has 0 bridgehead atoms. The van der Waals surface area contributed by atoms with E-state index in [2.05, 4.69) is 11.9 Å². The van der Waals surface area contributed by atoms with Crippen LogP contribution >= 0.6 is 0 Å². The molecule has 2 aliphatic rings. The molecule has 1 atom stereocenters. The van der Waals surface area contributed by atoms with Crippen LogP contribution < -0.4 is 5.32 Å². The van der Waals surface area contributed by atoms with Gasteiger partial charge >= 0.3 is 0 Å². The first-order valence-corrected chi connectivity index (χ1v) is 7.41. The van der Waals surface area contributed by atoms with Gasteiger partial charge in [-0.3, -0.25) is 19.3 Å². The Kier molecular flexibility index (Phi) is 3.35. The van der Waals surface area contributed by atoms with Crippen LogP contribution in [0.1, 0.15) is 58.9 Å². The highest BCUT2D eigenvalue weighted by Crippen LogP contribution is 2.33. The van der Waals surface area contributed by atoms with E-state index in [1.54, 1.807) is 12.1 Å². The molecule has 2 heterocycles. The van der Waals surface area contributed by atoms with Crippen LogP contribution in [0.5, 0.6) is 0 Å². The molecule has 1 fully saturated rings. The fraction of sp³-hybridized carbons (Fsp3) is 0.353. The van der Waals surface area contributed by atoms with Crippen molar-refractivity contribution in [2.75, 3.05) is 0 Å². The van der Waals surface area contributed by atoms with Crippen molar-refractivity contribution in [3.05, 3.63) is 47.2 Å². The molecule has 1 aromatic rings. The second kappa shape index (κ2) is 5.09. The Hall–Kier alpha value is -2.43. The molecule has 0 radical (unpaired) electrons. The molecular formula is C17H18N2O3. The van der Waals surface area contributed by atoms with Crippen molar-refractivity contribution < 1.29 is 14.4 Å². The molecule has 0 saturated carbocycles. The molecule has 1 unspecified atom stereocenters. The number of hydrogen-bond donors (Lipinski definition) is 1. The van der Waals surface area contributed by atoms with E-state index in [-0.39, 0.29) is 30.1 Å². The minimum absolute atomic E-state index is 0.124. The predicted octanol–water partition coefficient (Wildman–Crippen LogP) is 2.20. The number of hydrogen-bond acceptors (Lipinski definition) is 3. The number of amides is 3. The van der Waals surface area contributed by atoms with Crippen LogP contribution in [-0.2, 0) is 4.79 Å². The average molecular weight is 298 g/mol. The van der Waals surface area contributed by atoms with Gasteiger partial charge in [0.2, 0.25) is 5.91 Å². The number of carbonyl (C=O) groups is 3. The summed E-state index contributed by atoms with van der Waals surface area (Å²) in [6.07, 6.45) is 0.710. The standard InChI is InChI=1S/C17H18N2O3/c1-9(2)11-5-4-6-12-15(11)17(22)19(16(12)21)13-7-8-14(20)18-10(13)3/h4-6,9,13H,3,7-8H2,1-2H3,(H,18,20). The van der Waals surface area contributed by atoms with E-state index >= 15 is 0 Å². The third-order valence-electron chi connectivity index (χ3n) is 4.26. The summed E-state index contributed by atoms with van der Waals surface area (Å²) in [6.45, 7) is 7.79. The molecule has 2 aliphatic heterocycles. The van der Waals surface area contributed by atoms with E-state index in [1.165, 1.54) is 4.90 Å². The second-order valence-corrected chi connectivity index (χ2v) is 6.03. The summed E-state index contributed by atoms with van der Waals surface area (Å²) in [7, 11) is 0. The molecule has 0 spiro atoms. The Balaban J connectivity index is 2.02. The molecule has 1 N–H and O–H groups in total. The molecule has 5 nitrogen and oxygen atoms in total. The number of imide groups is 1. The van der Waals surface area contributed by atoms with Crippen LogP contribution in [0.2, 0.25) is 0 Å². The summed E-state index contributed by atoms with van der Waals surface area (Å²) >= 11 is 0. The molecule has 22 heavy (non-hydrogen) atoms. The fourth-order valence-electron chi connectivity index (χ4n) is 3.15. The molecule has 114 valence electrons. The molecular weight excluding hydrogens is 280 g/mol. The summed E-state index contributed by atoms with van der Waals surface area (Å²) < 4.78 is 0. The number of piperidine rings is 1. The van der Waals surface area contributed by atoms with E-state index in [0.717, 1.165) is 5.56 Å². The molecule has 5 heteroatoms. The zero-order valence-corrected chi connectivity index (χ0v) is 12.7. The Morgan fingerprint density at radius 1 is 1.23 bits per heavy atom. The van der Waals surface area contributed by atoms with Crippen LogP contribution in [0.15, 0.2) is 30.5 Å². The van der Waals surface area contributed by atoms with Gasteiger partial charge in [-0.1, -0.05) is 32.6 Å². The van der Waals surface area contributed by atoms with Gasteiger partial charge in [0.05, 0.1) is 17.2 Å². The van der Waals surface area contributed by atoms with Crippen molar-refractivity contribution in [3.63, 3.8) is 0 Å². The lowest BCUT2D eigenvalue weighted by atomic mass is 9.94. The zero-order chi connectivity index (χ0) is 16.0. The average Bonchev–Trinajstić information content (AvgIpc) is 2.72. The Morgan fingerprint density at radius 2 is 1.95 bits per heavy atom. The summed E-state index contributed by atoms with van der Waals surface area (Å²) in [5.41, 5.74) is 2.23. The van der Waals surface area contributed by atoms with Crippen molar-refractivity contribution in [3.8, 4) is 0 Å². The first-order valence-electron chi connectivity index (χ1n) is 7.41. The van der Waals surface area contributed by atoms with E-state index in [1.807, 2.05) is 19.9 Å². The van der Waals surface area contributed by atoms with E-state index in [9.17, 15) is 14.4 Å². The molecule has 1 saturated heterocycles. The smallest absolute Gasteiger partial charge is 0.262 e. The highest BCUT2D eigenvalue weighted by Gasteiger charge is 2.43. The minimum Gasteiger partial charge on any atom is -0.328 e. The molecule has 3 amide bonds. The van der Waals surface area contributed by atoms with Crippen LogP contribution in [0, 0.1) is 0 Å². The van der Waals surface area contributed by atoms with Crippen LogP contribution in [-0.4, -0.2) is 28.7 Å². The predicted molar refractivity (Wildman–Crippen MR) is 81.3 cm³/mol. The molecule has 3 rings (SSSR count). The number of nitrogens with zero attached hydrogens (tertiary/aromatic N) is 1. The van der Waals surface area contributed by atoms with Gasteiger partial charge in [0.25, 0.3) is 11.8 Å². The molecule has 1 aromatic carbocycles. The van der Waals surface area contributed by atoms with Gasteiger partial charge in [0.1, 0.15) is 0 Å². The van der Waals surface area contributed by atoms with Crippen LogP contribution in [0.25, 0.3) is 0 Å². The van der Waals surface area contributed by atoms with Gasteiger partial charge in [-0.2, -0.15) is 0 Å². The monoisotopic (exact) mass is 298 g/mol. The summed E-state index contributed by atoms with van der Waals surface area (Å²) in [6, 6.07) is 4.91. The lowest BCUT2D eigenvalue weighted by molar-refractivity contribution is -0.121. The summed E-state index contributed by atoms with van der Waals surface area (Å²) in [5, 5.41) is 2.63. The van der Waals surface area contributed by atoms with E-state index < -0.39 is 6.04 Å². The lowest BCUT2D eigenvalue weighted by Crippen LogP contribution is -2.48. The molecule has 0 aliphatic carbocycles. The van der Waals surface area contributed by atoms with Gasteiger partial charge in [0, 0.05) is 12.1 Å². The van der Waals surface area contributed by atoms with E-state index in [4.69, 9.17) is 0 Å². The second-order valence-electron chi connectivity index (χ2n) is 6.03. The third kappa shape index (κ3) is 2.04. The van der Waals surface area contributed by atoms with Crippen molar-refractivity contribution in [1.82, 2.24) is 10.2 Å². The summed E-state index contributed by atoms with van der Waals surface area (Å²) in [5.74, 6) is -0.557. The highest BCUT2D eigenvalue weighted by atomic mass is 16.2. The van der Waals surface area contributed by atoms with Crippen molar-refractivity contribution in [2.24, 2.45) is 0 Å². The highest BCUT2D eigenvalue weighted by molar-refractivity contribution is 6.22. The number of nitrogens with one attached hydrogen (secondary N) is 1. The van der Waals surface area contributed by atoms with Gasteiger partial charge in [0.15, 0.2) is 0 Å². The first kappa shape index (κ1) is 14.5. The Morgan fingerprint density at radius 3 is 2.59 bits per heavy atom. The third-order valence-corrected chi connectivity index (χ3v) is 4.26. The SMILES string of the molecule is C=C1NC(=O)CCC1N1C(=O)c2cccc(C(C)C)c2C1=O. The van der Waals surface area contributed by atoms with Crippen molar-refractivity contribution in [1.29, 1.82) is 0 Å². The number of carbonyl (C=O) groups excluding carboxylic acids is 3. The normalized spacial score (nSPS) is 21.4. The Bertz CT molecular complexity index is 706. The largest absolute Gasteiger partial charge is 0.328 e. The van der Waals surface area contributed by atoms with Gasteiger partial charge in [-0.15, -0.1) is 0 Å². The lowest BCUT2D eigenvalue weighted by Gasteiger charge is -2.31. The van der Waals surface area contributed by atoms with Crippen LogP contribution in [0.3, 0.4) is 0 Å². The van der Waals surface area contributed by atoms with Crippen molar-refractivity contribution >= 4 is 17.7 Å². The minimum atomic E-state index is -0.467. The van der Waals surface area contributed by atoms with Crippen LogP contribution in [0.4, 0.5) is 0 Å².